The van der Waals surface area contributed by atoms with Crippen LogP contribution in [-0.2, 0) is 0 Å². The summed E-state index contributed by atoms with van der Waals surface area (Å²) in [6, 6.07) is 25.6. The number of rotatable bonds is 13. The van der Waals surface area contributed by atoms with Crippen molar-refractivity contribution >= 4 is 67.3 Å². The lowest BCUT2D eigenvalue weighted by atomic mass is 9.89. The third-order valence-electron chi connectivity index (χ3n) is 9.94. The lowest BCUT2D eigenvalue weighted by molar-refractivity contribution is 0.0686. The predicted molar refractivity (Wildman–Crippen MR) is 236 cm³/mol. The number of carboxylic acid groups (broad SMARTS) is 2. The Morgan fingerprint density at radius 1 is 0.500 bits per heavy atom. The average Bonchev–Trinajstić information content (AvgIpc) is 3.24. The molecule has 6 N–H and O–H groups in total. The zero-order valence-corrected chi connectivity index (χ0v) is 33.7. The van der Waals surface area contributed by atoms with Crippen LogP contribution in [0.25, 0.3) is 66.8 Å². The van der Waals surface area contributed by atoms with Gasteiger partial charge in [-0.2, -0.15) is 0 Å². The van der Waals surface area contributed by atoms with E-state index in [1.807, 2.05) is 0 Å². The van der Waals surface area contributed by atoms with Crippen molar-refractivity contribution in [1.29, 1.82) is 0 Å². The van der Waals surface area contributed by atoms with Crippen LogP contribution < -0.4 is 21.5 Å². The molecule has 14 nitrogen and oxygen atoms in total. The number of hydrogen-bond acceptors (Lipinski definition) is 12. The maximum atomic E-state index is 13.3. The molecule has 0 bridgehead atoms. The van der Waals surface area contributed by atoms with Crippen LogP contribution in [0.15, 0.2) is 128 Å². The van der Waals surface area contributed by atoms with E-state index < -0.39 is 23.8 Å². The van der Waals surface area contributed by atoms with Crippen molar-refractivity contribution in [1.82, 2.24) is 10.6 Å². The van der Waals surface area contributed by atoms with Gasteiger partial charge in [-0.25, -0.2) is 9.59 Å². The van der Waals surface area contributed by atoms with Crippen molar-refractivity contribution in [3.63, 3.8) is 0 Å². The predicted octanol–water partition coefficient (Wildman–Crippen LogP) is 7.79. The Labute approximate surface area is 357 Å². The van der Waals surface area contributed by atoms with E-state index in [0.29, 0.717) is 44.5 Å². The van der Waals surface area contributed by atoms with Gasteiger partial charge in [0.05, 0.1) is 11.1 Å². The standard InChI is InChI=1S/C46H32N2O12S2/c49-25-3-9-31-37(19-25)59-38-20-26(50)4-10-32(38)41(31)29-7-1-24(18-36(29)46(57)58)44(54)48-14-16-62-61-15-13-47-43(53)23-2-8-30(45(55)56)35(17-23)42-33-11-5-27(51)21-39(33)60-40-22-28(52)6-12-34(40)42/h1-12,17-22,49,51H,13-16H2,(H,47,53)(H,48,54)(H,55,56)(H,57,58). The molecule has 0 atom stereocenters. The van der Waals surface area contributed by atoms with Gasteiger partial charge in [-0.15, -0.1) is 0 Å². The van der Waals surface area contributed by atoms with Crippen molar-refractivity contribution in [2.75, 3.05) is 24.6 Å². The Bertz CT molecular complexity index is 3180. The molecular formula is C46H32N2O12S2. The molecule has 2 heterocycles. The van der Waals surface area contributed by atoms with E-state index in [1.54, 1.807) is 18.2 Å². The van der Waals surface area contributed by atoms with Gasteiger partial charge >= 0.3 is 11.9 Å². The fourth-order valence-electron chi connectivity index (χ4n) is 7.19. The number of phenolic OH excluding ortho intramolecular Hbond substituents is 2. The lowest BCUT2D eigenvalue weighted by Gasteiger charge is -2.17. The number of amides is 2. The van der Waals surface area contributed by atoms with Gasteiger partial charge in [0.15, 0.2) is 10.9 Å². The number of carboxylic acids is 2. The molecule has 310 valence electrons. The zero-order valence-electron chi connectivity index (χ0n) is 32.1. The molecule has 0 spiro atoms. The van der Waals surface area contributed by atoms with Crippen molar-refractivity contribution in [2.45, 2.75) is 0 Å². The van der Waals surface area contributed by atoms with Gasteiger partial charge in [0.1, 0.15) is 34.2 Å². The van der Waals surface area contributed by atoms with E-state index in [1.165, 1.54) is 113 Å². The minimum Gasteiger partial charge on any atom is -0.508 e. The van der Waals surface area contributed by atoms with Crippen LogP contribution >= 0.6 is 21.6 Å². The summed E-state index contributed by atoms with van der Waals surface area (Å²) >= 11 is 0. The minimum absolute atomic E-state index is 0.0770. The number of hydrogen-bond donors (Lipinski definition) is 6. The van der Waals surface area contributed by atoms with E-state index in [0.717, 1.165) is 0 Å². The van der Waals surface area contributed by atoms with Gasteiger partial charge in [0, 0.05) is 93.0 Å². The smallest absolute Gasteiger partial charge is 0.336 e. The second-order valence-corrected chi connectivity index (χ2v) is 16.6. The molecule has 16 heteroatoms. The second-order valence-electron chi connectivity index (χ2n) is 13.9. The summed E-state index contributed by atoms with van der Waals surface area (Å²) in [6.45, 7) is 0.526. The van der Waals surface area contributed by atoms with Crippen LogP contribution in [0.2, 0.25) is 0 Å². The fourth-order valence-corrected chi connectivity index (χ4v) is 9.01. The first-order chi connectivity index (χ1) is 29.9. The number of carbonyl (C=O) groups excluding carboxylic acids is 2. The van der Waals surface area contributed by atoms with Crippen molar-refractivity contribution in [2.24, 2.45) is 0 Å². The Kier molecular flexibility index (Phi) is 11.4. The van der Waals surface area contributed by atoms with Crippen LogP contribution in [0, 0.1) is 0 Å². The third kappa shape index (κ3) is 8.28. The van der Waals surface area contributed by atoms with Crippen molar-refractivity contribution < 1.29 is 48.4 Å². The maximum absolute atomic E-state index is 13.3. The molecule has 0 fully saturated rings. The number of phenols is 2. The first-order valence-corrected chi connectivity index (χ1v) is 21.3. The fraction of sp³-hybridized carbons (Fsp3) is 0.0870. The normalized spacial score (nSPS) is 11.3. The molecule has 62 heavy (non-hydrogen) atoms. The van der Waals surface area contributed by atoms with Gasteiger partial charge in [-0.1, -0.05) is 27.7 Å². The van der Waals surface area contributed by atoms with Crippen molar-refractivity contribution in [3.8, 4) is 56.4 Å². The quantitative estimate of drug-likeness (QED) is 0.0369. The van der Waals surface area contributed by atoms with Crippen LogP contribution in [0.3, 0.4) is 0 Å². The van der Waals surface area contributed by atoms with Gasteiger partial charge < -0.3 is 39.9 Å². The number of nitrogens with one attached hydrogen (secondary N) is 2. The highest BCUT2D eigenvalue weighted by atomic mass is 33.1. The SMILES string of the molecule is O=C(NCCSSCCNC(=O)c1ccc(C(=O)O)c(-c2c3ccc(=O)cc-3oc3cc(O)ccc23)c1)c1ccc(-c2c3ccc(=O)cc-3oc3cc(O)ccc23)c(C(=O)O)c1. The molecule has 0 saturated heterocycles. The summed E-state index contributed by atoms with van der Waals surface area (Å²) in [5.74, 6) is -2.22. The Morgan fingerprint density at radius 3 is 1.48 bits per heavy atom. The van der Waals surface area contributed by atoms with Gasteiger partial charge in [0.25, 0.3) is 11.8 Å². The monoisotopic (exact) mass is 868 g/mol. The number of benzene rings is 6. The van der Waals surface area contributed by atoms with Gasteiger partial charge in [-0.3, -0.25) is 19.2 Å². The number of aromatic hydroxyl groups is 2. The number of carbonyl (C=O) groups is 4. The highest BCUT2D eigenvalue weighted by Crippen LogP contribution is 2.44. The third-order valence-corrected chi connectivity index (χ3v) is 12.4. The largest absolute Gasteiger partial charge is 0.508 e. The van der Waals surface area contributed by atoms with Gasteiger partial charge in [-0.05, 0) is 90.0 Å². The van der Waals surface area contributed by atoms with Crippen LogP contribution in [0.4, 0.5) is 0 Å². The summed E-state index contributed by atoms with van der Waals surface area (Å²) in [7, 11) is 2.91. The molecule has 2 aliphatic heterocycles. The Hall–Kier alpha value is -7.56. The summed E-state index contributed by atoms with van der Waals surface area (Å²) in [5, 5.41) is 47.1. The summed E-state index contributed by atoms with van der Waals surface area (Å²) in [6.07, 6.45) is 0. The topological polar surface area (TPSA) is 234 Å². The first kappa shape index (κ1) is 41.2. The highest BCUT2D eigenvalue weighted by molar-refractivity contribution is 8.76. The van der Waals surface area contributed by atoms with Crippen LogP contribution in [-0.4, -0.2) is 68.8 Å². The van der Waals surface area contributed by atoms with Crippen molar-refractivity contribution in [3.05, 3.63) is 152 Å². The second kappa shape index (κ2) is 17.2. The minimum atomic E-state index is -1.27. The zero-order chi connectivity index (χ0) is 43.7. The van der Waals surface area contributed by atoms with Crippen LogP contribution in [0.5, 0.6) is 11.5 Å². The lowest BCUT2D eigenvalue weighted by Crippen LogP contribution is -2.26. The van der Waals surface area contributed by atoms with E-state index >= 15 is 0 Å². The van der Waals surface area contributed by atoms with Gasteiger partial charge in [0.2, 0.25) is 0 Å². The summed E-state index contributed by atoms with van der Waals surface area (Å²) in [4.78, 5) is 75.7. The molecular weight excluding hydrogens is 837 g/mol. The number of aromatic carboxylic acids is 2. The molecule has 2 amide bonds. The van der Waals surface area contributed by atoms with E-state index in [4.69, 9.17) is 8.83 Å². The molecule has 2 aliphatic carbocycles. The molecule has 4 aromatic rings. The van der Waals surface area contributed by atoms with E-state index in [2.05, 4.69) is 10.6 Å². The highest BCUT2D eigenvalue weighted by Gasteiger charge is 2.25. The number of fused-ring (bicyclic) bond motifs is 4. The first-order valence-electron chi connectivity index (χ1n) is 18.8. The Morgan fingerprint density at radius 2 is 0.968 bits per heavy atom. The molecule has 8 rings (SSSR count). The molecule has 0 unspecified atom stereocenters. The van der Waals surface area contributed by atoms with E-state index in [-0.39, 0.29) is 91.5 Å². The molecule has 0 saturated carbocycles. The van der Waals surface area contributed by atoms with E-state index in [9.17, 15) is 49.2 Å². The Balaban J connectivity index is 0.890. The van der Waals surface area contributed by atoms with Crippen LogP contribution in [0.1, 0.15) is 41.4 Å². The summed E-state index contributed by atoms with van der Waals surface area (Å²) < 4.78 is 11.8. The molecule has 4 aliphatic rings. The molecule has 0 aromatic heterocycles. The summed E-state index contributed by atoms with van der Waals surface area (Å²) in [5.41, 5.74) is 2.23. The molecule has 4 aromatic carbocycles. The molecule has 0 radical (unpaired) electrons. The average molecular weight is 869 g/mol. The maximum Gasteiger partial charge on any atom is 0.336 e.